The summed E-state index contributed by atoms with van der Waals surface area (Å²) in [5.41, 5.74) is 2.96. The first-order valence-corrected chi connectivity index (χ1v) is 12.3. The lowest BCUT2D eigenvalue weighted by Gasteiger charge is -2.45. The van der Waals surface area contributed by atoms with Gasteiger partial charge >= 0.3 is 0 Å². The first-order chi connectivity index (χ1) is 14.8. The predicted molar refractivity (Wildman–Crippen MR) is 135 cm³/mol. The zero-order valence-electron chi connectivity index (χ0n) is 18.0. The molecule has 0 spiro atoms. The smallest absolute Gasteiger partial charge is 0.264 e. The molecule has 0 bridgehead atoms. The van der Waals surface area contributed by atoms with Gasteiger partial charge in [-0.3, -0.25) is 4.79 Å². The number of nitrogens with zero attached hydrogens (tertiary/aromatic N) is 3. The van der Waals surface area contributed by atoms with Gasteiger partial charge in [0.1, 0.15) is 0 Å². The van der Waals surface area contributed by atoms with E-state index in [0.29, 0.717) is 34.4 Å². The maximum absolute atomic E-state index is 13.4. The van der Waals surface area contributed by atoms with E-state index in [9.17, 15) is 4.79 Å². The zero-order chi connectivity index (χ0) is 22.1. The van der Waals surface area contributed by atoms with Gasteiger partial charge in [-0.05, 0) is 56.8 Å². The van der Waals surface area contributed by atoms with Crippen LogP contribution >= 0.6 is 35.0 Å². The fraction of sp³-hybridized carbons (Fsp3) is 0.375. The van der Waals surface area contributed by atoms with Gasteiger partial charge in [-0.2, -0.15) is 0 Å². The predicted octanol–water partition coefficient (Wildman–Crippen LogP) is 5.64. The number of carbonyl (C=O) groups is 1. The molecule has 2 aromatic rings. The molecule has 2 aliphatic rings. The molecule has 2 aromatic carbocycles. The molecular formula is C24H27Cl2N3OS. The number of likely N-dealkylation sites (N-methyl/N-ethyl adjacent to an activating group) is 1. The third-order valence-electron chi connectivity index (χ3n) is 5.83. The van der Waals surface area contributed by atoms with Crippen LogP contribution in [-0.2, 0) is 4.79 Å². The molecule has 2 fully saturated rings. The van der Waals surface area contributed by atoms with Crippen LogP contribution in [0.2, 0.25) is 10.0 Å². The maximum Gasteiger partial charge on any atom is 0.264 e. The van der Waals surface area contributed by atoms with E-state index >= 15 is 0 Å². The highest BCUT2D eigenvalue weighted by molar-refractivity contribution is 8.04. The molecule has 2 aliphatic heterocycles. The first kappa shape index (κ1) is 22.5. The van der Waals surface area contributed by atoms with Crippen molar-refractivity contribution in [2.45, 2.75) is 25.9 Å². The second-order valence-electron chi connectivity index (χ2n) is 8.29. The number of rotatable bonds is 3. The molecule has 4 nitrogen and oxygen atoms in total. The molecule has 0 radical (unpaired) electrons. The molecule has 0 aromatic heterocycles. The van der Waals surface area contributed by atoms with Gasteiger partial charge in [0.2, 0.25) is 0 Å². The number of para-hydroxylation sites is 1. The zero-order valence-corrected chi connectivity index (χ0v) is 20.3. The van der Waals surface area contributed by atoms with Crippen molar-refractivity contribution in [2.75, 3.05) is 42.2 Å². The van der Waals surface area contributed by atoms with E-state index in [1.54, 1.807) is 28.8 Å². The average Bonchev–Trinajstić information content (AvgIpc) is 2.70. The van der Waals surface area contributed by atoms with Crippen molar-refractivity contribution in [2.24, 2.45) is 0 Å². The van der Waals surface area contributed by atoms with Crippen molar-refractivity contribution in [3.05, 3.63) is 63.0 Å². The Hall–Kier alpha value is -1.66. The van der Waals surface area contributed by atoms with E-state index in [0.717, 1.165) is 29.3 Å². The van der Waals surface area contributed by atoms with Crippen LogP contribution in [-0.4, -0.2) is 55.3 Å². The third-order valence-corrected chi connectivity index (χ3v) is 7.36. The topological polar surface area (TPSA) is 26.8 Å². The lowest BCUT2D eigenvalue weighted by Crippen LogP contribution is -2.55. The Morgan fingerprint density at radius 2 is 1.74 bits per heavy atom. The number of hydrogen-bond acceptors (Lipinski definition) is 4. The van der Waals surface area contributed by atoms with Crippen LogP contribution in [0.5, 0.6) is 0 Å². The Labute approximate surface area is 198 Å². The molecule has 2 atom stereocenters. The van der Waals surface area contributed by atoms with Crippen molar-refractivity contribution in [1.82, 2.24) is 4.90 Å². The largest absolute Gasteiger partial charge is 0.363 e. The minimum Gasteiger partial charge on any atom is -0.363 e. The van der Waals surface area contributed by atoms with Crippen LogP contribution in [0.15, 0.2) is 47.4 Å². The van der Waals surface area contributed by atoms with Gasteiger partial charge in [-0.25, -0.2) is 0 Å². The number of thioether (sulfide) groups is 1. The summed E-state index contributed by atoms with van der Waals surface area (Å²) in [7, 11) is 2.17. The number of hydrogen-bond donors (Lipinski definition) is 0. The lowest BCUT2D eigenvalue weighted by molar-refractivity contribution is -0.114. The summed E-state index contributed by atoms with van der Waals surface area (Å²) < 4.78 is 0. The summed E-state index contributed by atoms with van der Waals surface area (Å²) >= 11 is 14.0. The second-order valence-corrected chi connectivity index (χ2v) is 10.3. The Morgan fingerprint density at radius 1 is 1.03 bits per heavy atom. The molecule has 2 heterocycles. The Bertz CT molecular complexity index is 1000. The summed E-state index contributed by atoms with van der Waals surface area (Å²) in [4.78, 5) is 20.7. The van der Waals surface area contributed by atoms with Crippen LogP contribution in [0.4, 0.5) is 11.4 Å². The quantitative estimate of drug-likeness (QED) is 0.536. The van der Waals surface area contributed by atoms with Crippen LogP contribution in [0.25, 0.3) is 6.08 Å². The van der Waals surface area contributed by atoms with Gasteiger partial charge < -0.3 is 14.7 Å². The first-order valence-electron chi connectivity index (χ1n) is 10.5. The summed E-state index contributed by atoms with van der Waals surface area (Å²) in [6.45, 7) is 7.19. The molecule has 0 aliphatic carbocycles. The van der Waals surface area contributed by atoms with Crippen LogP contribution in [0, 0.1) is 0 Å². The van der Waals surface area contributed by atoms with E-state index in [1.807, 2.05) is 18.2 Å². The second kappa shape index (κ2) is 9.45. The Balaban J connectivity index is 1.67. The number of amides is 1. The molecule has 7 heteroatoms. The standard InChI is InChI=1S/C24H27Cl2N3OS/c1-16-14-27(3)15-17(2)29(16)21-7-5-4-6-18(21)12-23-24(30)28(10-11-31-23)22-9-8-19(25)13-20(22)26/h4-9,12-13,16-17H,10-11,14-15H2,1-3H3/b23-12-. The van der Waals surface area contributed by atoms with Gasteiger partial charge in [0, 0.05) is 48.2 Å². The van der Waals surface area contributed by atoms with Crippen molar-refractivity contribution in [3.8, 4) is 0 Å². The van der Waals surface area contributed by atoms with Gasteiger partial charge in [0.05, 0.1) is 15.6 Å². The monoisotopic (exact) mass is 475 g/mol. The van der Waals surface area contributed by atoms with Crippen molar-refractivity contribution in [3.63, 3.8) is 0 Å². The van der Waals surface area contributed by atoms with Gasteiger partial charge in [-0.15, -0.1) is 11.8 Å². The Kier molecular flexibility index (Phi) is 6.87. The van der Waals surface area contributed by atoms with E-state index in [2.05, 4.69) is 48.9 Å². The molecule has 2 saturated heterocycles. The number of benzene rings is 2. The van der Waals surface area contributed by atoms with E-state index in [4.69, 9.17) is 23.2 Å². The Morgan fingerprint density at radius 3 is 2.45 bits per heavy atom. The van der Waals surface area contributed by atoms with Crippen LogP contribution in [0.1, 0.15) is 19.4 Å². The SMILES string of the molecule is CC1CN(C)CC(C)N1c1ccccc1/C=C1\SCCN(c2ccc(Cl)cc2Cl)C1=O. The van der Waals surface area contributed by atoms with Crippen molar-refractivity contribution in [1.29, 1.82) is 0 Å². The van der Waals surface area contributed by atoms with Crippen molar-refractivity contribution < 1.29 is 4.79 Å². The molecule has 0 N–H and O–H groups in total. The van der Waals surface area contributed by atoms with E-state index < -0.39 is 0 Å². The summed E-state index contributed by atoms with van der Waals surface area (Å²) in [6.07, 6.45) is 2.04. The number of piperazine rings is 1. The van der Waals surface area contributed by atoms with Crippen LogP contribution < -0.4 is 9.80 Å². The summed E-state index contributed by atoms with van der Waals surface area (Å²) in [5.74, 6) is 0.801. The normalized spacial score (nSPS) is 24.2. The molecule has 0 saturated carbocycles. The fourth-order valence-electron chi connectivity index (χ4n) is 4.62. The van der Waals surface area contributed by atoms with Crippen molar-refractivity contribution >= 4 is 58.3 Å². The summed E-state index contributed by atoms with van der Waals surface area (Å²) in [6, 6.07) is 14.4. The highest BCUT2D eigenvalue weighted by Gasteiger charge is 2.30. The molecule has 31 heavy (non-hydrogen) atoms. The lowest BCUT2D eigenvalue weighted by atomic mass is 10.0. The molecule has 1 amide bonds. The van der Waals surface area contributed by atoms with Gasteiger partial charge in [-0.1, -0.05) is 41.4 Å². The minimum absolute atomic E-state index is 0.0188. The minimum atomic E-state index is -0.0188. The average molecular weight is 476 g/mol. The highest BCUT2D eigenvalue weighted by Crippen LogP contribution is 2.36. The fourth-order valence-corrected chi connectivity index (χ4v) is 6.07. The van der Waals surface area contributed by atoms with Gasteiger partial charge in [0.15, 0.2) is 0 Å². The van der Waals surface area contributed by atoms with E-state index in [1.165, 1.54) is 5.69 Å². The molecule has 4 rings (SSSR count). The van der Waals surface area contributed by atoms with Crippen LogP contribution in [0.3, 0.4) is 0 Å². The molecule has 164 valence electrons. The molecule has 2 unspecified atom stereocenters. The van der Waals surface area contributed by atoms with Gasteiger partial charge in [0.25, 0.3) is 5.91 Å². The number of carbonyl (C=O) groups excluding carboxylic acids is 1. The number of halogens is 2. The third kappa shape index (κ3) is 4.75. The summed E-state index contributed by atoms with van der Waals surface area (Å²) in [5, 5.41) is 1.06. The van der Waals surface area contributed by atoms with E-state index in [-0.39, 0.29) is 5.91 Å². The maximum atomic E-state index is 13.4. The highest BCUT2D eigenvalue weighted by atomic mass is 35.5. The molecular weight excluding hydrogens is 449 g/mol. The number of anilines is 2.